The third kappa shape index (κ3) is 7.03. The zero-order chi connectivity index (χ0) is 22.2. The fourth-order valence-electron chi connectivity index (χ4n) is 2.19. The van der Waals surface area contributed by atoms with Crippen molar-refractivity contribution in [2.45, 2.75) is 34.1 Å². The Hall–Kier alpha value is -3.22. The van der Waals surface area contributed by atoms with Crippen molar-refractivity contribution in [3.8, 4) is 23.0 Å². The highest BCUT2D eigenvalue weighted by molar-refractivity contribution is 5.79. The maximum Gasteiger partial charge on any atom is 0.258 e. The van der Waals surface area contributed by atoms with E-state index in [0.717, 1.165) is 0 Å². The number of aromatic nitrogens is 3. The van der Waals surface area contributed by atoms with Crippen LogP contribution in [0.1, 0.15) is 44.5 Å². The van der Waals surface area contributed by atoms with Crippen LogP contribution in [-0.4, -0.2) is 41.6 Å². The summed E-state index contributed by atoms with van der Waals surface area (Å²) in [6.45, 7) is 15.9. The second-order valence-corrected chi connectivity index (χ2v) is 4.94. The molecule has 2 aromatic rings. The predicted octanol–water partition coefficient (Wildman–Crippen LogP) is 4.40. The number of carbonyl (C=O) groups is 1. The molecule has 0 saturated heterocycles. The summed E-state index contributed by atoms with van der Waals surface area (Å²) in [6, 6.07) is 1.66. The third-order valence-corrected chi connectivity index (χ3v) is 3.37. The highest BCUT2D eigenvalue weighted by atomic mass is 16.5. The summed E-state index contributed by atoms with van der Waals surface area (Å²) in [7, 11) is 3.15. The van der Waals surface area contributed by atoms with Gasteiger partial charge in [0.1, 0.15) is 0 Å². The summed E-state index contributed by atoms with van der Waals surface area (Å²) in [4.78, 5) is 24.0. The number of pyridine rings is 1. The number of nitrogens with zero attached hydrogens (tertiary/aromatic N) is 4. The van der Waals surface area contributed by atoms with Gasteiger partial charge in [-0.15, -0.1) is 6.58 Å². The monoisotopic (exact) mass is 400 g/mol. The Balaban J connectivity index is 0.00000184. The molecule has 0 fully saturated rings. The minimum absolute atomic E-state index is 0.348. The fraction of sp³-hybridized carbons (Fsp3) is 0.364. The molecule has 7 nitrogen and oxygen atoms in total. The van der Waals surface area contributed by atoms with Crippen molar-refractivity contribution in [3.05, 3.63) is 48.7 Å². The first kappa shape index (κ1) is 25.8. The molecule has 2 rings (SSSR count). The van der Waals surface area contributed by atoms with Gasteiger partial charge in [0.25, 0.3) is 5.88 Å². The largest absolute Gasteiger partial charge is 0.481 e. The van der Waals surface area contributed by atoms with Crippen LogP contribution in [0.3, 0.4) is 0 Å². The van der Waals surface area contributed by atoms with Crippen molar-refractivity contribution in [3.63, 3.8) is 0 Å². The molecule has 0 bridgehead atoms. The van der Waals surface area contributed by atoms with Crippen LogP contribution < -0.4 is 15.0 Å². The molecule has 7 heteroatoms. The number of aldehydes is 1. The van der Waals surface area contributed by atoms with Crippen molar-refractivity contribution < 1.29 is 14.3 Å². The Morgan fingerprint density at radius 1 is 1.21 bits per heavy atom. The van der Waals surface area contributed by atoms with Crippen LogP contribution in [-0.2, 0) is 0 Å². The molecule has 0 unspecified atom stereocenters. The lowest BCUT2D eigenvalue weighted by Crippen LogP contribution is -2.22. The first-order valence-corrected chi connectivity index (χ1v) is 9.60. The molecule has 0 aliphatic rings. The van der Waals surface area contributed by atoms with Gasteiger partial charge in [0.15, 0.2) is 11.8 Å². The van der Waals surface area contributed by atoms with Crippen LogP contribution in [0.15, 0.2) is 42.7 Å². The molecule has 0 N–H and O–H groups in total. The summed E-state index contributed by atoms with van der Waals surface area (Å²) < 4.78 is 12.7. The van der Waals surface area contributed by atoms with E-state index in [9.17, 15) is 4.79 Å². The van der Waals surface area contributed by atoms with Crippen molar-refractivity contribution in [2.75, 3.05) is 20.8 Å². The normalized spacial score (nSPS) is 9.93. The van der Waals surface area contributed by atoms with E-state index in [-0.39, 0.29) is 0 Å². The van der Waals surface area contributed by atoms with Gasteiger partial charge in [0.2, 0.25) is 5.88 Å². The minimum atomic E-state index is 0.348. The second kappa shape index (κ2) is 14.8. The number of methoxy groups -OCH3 is 1. The third-order valence-electron chi connectivity index (χ3n) is 3.37. The molecular weight excluding hydrogens is 368 g/mol. The van der Waals surface area contributed by atoms with Crippen LogP contribution in [0, 0.1) is 0 Å². The molecule has 2 aromatic heterocycles. The summed E-state index contributed by atoms with van der Waals surface area (Å²) in [5.74, 6) is 0.701. The standard InChI is InChI=1S/C18H20N4O3.2C2H6/c1-5-7-8-25-18-16(19-3)22(6-2)11-15(21-18)14-9-13(12-23)10-20-17(14)24-4;2*1-2/h5-6,9-12H,1-2,7-8H2,3-4H3;2*1-2H3. The van der Waals surface area contributed by atoms with Gasteiger partial charge in [-0.05, 0) is 12.5 Å². The molecule has 2 heterocycles. The lowest BCUT2D eigenvalue weighted by Gasteiger charge is -2.13. The molecule has 29 heavy (non-hydrogen) atoms. The zero-order valence-electron chi connectivity index (χ0n) is 18.3. The topological polar surface area (TPSA) is 78.6 Å². The quantitative estimate of drug-likeness (QED) is 0.373. The number of hydrogen-bond donors (Lipinski definition) is 0. The number of rotatable bonds is 8. The van der Waals surface area contributed by atoms with Crippen LogP contribution in [0.5, 0.6) is 11.8 Å². The SMILES string of the molecule is C=CCCOc1nc(-c2cc(C=O)cnc2OC)cn(C=C)c1=NC.CC.CC. The molecule has 0 aliphatic carbocycles. The van der Waals surface area contributed by atoms with Gasteiger partial charge in [-0.3, -0.25) is 9.79 Å². The first-order valence-electron chi connectivity index (χ1n) is 9.60. The Kier molecular flexibility index (Phi) is 13.1. The molecule has 0 spiro atoms. The number of ether oxygens (including phenoxy) is 2. The Labute approximate surface area is 173 Å². The van der Waals surface area contributed by atoms with Gasteiger partial charge >= 0.3 is 0 Å². The molecule has 0 aromatic carbocycles. The van der Waals surface area contributed by atoms with E-state index in [4.69, 9.17) is 9.47 Å². The van der Waals surface area contributed by atoms with Gasteiger partial charge in [-0.25, -0.2) is 9.97 Å². The van der Waals surface area contributed by atoms with Crippen LogP contribution >= 0.6 is 0 Å². The second-order valence-electron chi connectivity index (χ2n) is 4.94. The van der Waals surface area contributed by atoms with E-state index in [2.05, 4.69) is 28.1 Å². The molecule has 0 aliphatic heterocycles. The molecule has 0 amide bonds. The van der Waals surface area contributed by atoms with E-state index in [1.165, 1.54) is 13.3 Å². The van der Waals surface area contributed by atoms with Gasteiger partial charge in [-0.1, -0.05) is 40.3 Å². The Morgan fingerprint density at radius 3 is 2.41 bits per heavy atom. The summed E-state index contributed by atoms with van der Waals surface area (Å²) in [5, 5.41) is 0. The molecular formula is C22H32N4O3. The smallest absolute Gasteiger partial charge is 0.258 e. The van der Waals surface area contributed by atoms with E-state index in [1.807, 2.05) is 27.7 Å². The van der Waals surface area contributed by atoms with E-state index >= 15 is 0 Å². The lowest BCUT2D eigenvalue weighted by atomic mass is 10.1. The lowest BCUT2D eigenvalue weighted by molar-refractivity contribution is 0.112. The van der Waals surface area contributed by atoms with Gasteiger partial charge < -0.3 is 14.0 Å². The van der Waals surface area contributed by atoms with Crippen molar-refractivity contribution in [2.24, 2.45) is 4.99 Å². The molecule has 0 atom stereocenters. The average molecular weight is 401 g/mol. The van der Waals surface area contributed by atoms with Crippen LogP contribution in [0.25, 0.3) is 17.5 Å². The Bertz CT molecular complexity index is 858. The molecule has 158 valence electrons. The van der Waals surface area contributed by atoms with Gasteiger partial charge in [0, 0.05) is 31.2 Å². The maximum absolute atomic E-state index is 11.1. The van der Waals surface area contributed by atoms with E-state index < -0.39 is 0 Å². The maximum atomic E-state index is 11.1. The molecule has 0 saturated carbocycles. The highest BCUT2D eigenvalue weighted by Crippen LogP contribution is 2.27. The van der Waals surface area contributed by atoms with Gasteiger partial charge in [0.05, 0.1) is 25.0 Å². The number of hydrogen-bond acceptors (Lipinski definition) is 6. The number of carbonyl (C=O) groups excluding carboxylic acids is 1. The summed E-state index contributed by atoms with van der Waals surface area (Å²) >= 11 is 0. The van der Waals surface area contributed by atoms with Crippen LogP contribution in [0.2, 0.25) is 0 Å². The minimum Gasteiger partial charge on any atom is -0.481 e. The highest BCUT2D eigenvalue weighted by Gasteiger charge is 2.14. The van der Waals surface area contributed by atoms with E-state index in [1.54, 1.807) is 36.2 Å². The van der Waals surface area contributed by atoms with Crippen LogP contribution in [0.4, 0.5) is 0 Å². The van der Waals surface area contributed by atoms with Crippen molar-refractivity contribution in [1.82, 2.24) is 14.5 Å². The van der Waals surface area contributed by atoms with E-state index in [0.29, 0.717) is 53.4 Å². The van der Waals surface area contributed by atoms with Crippen molar-refractivity contribution in [1.29, 1.82) is 0 Å². The van der Waals surface area contributed by atoms with Gasteiger partial charge in [-0.2, -0.15) is 0 Å². The predicted molar refractivity (Wildman–Crippen MR) is 118 cm³/mol. The summed E-state index contributed by atoms with van der Waals surface area (Å²) in [6.07, 6.45) is 7.91. The summed E-state index contributed by atoms with van der Waals surface area (Å²) in [5.41, 5.74) is 2.04. The average Bonchev–Trinajstić information content (AvgIpc) is 2.80. The molecule has 0 radical (unpaired) electrons. The zero-order valence-corrected chi connectivity index (χ0v) is 18.3. The fourth-order valence-corrected chi connectivity index (χ4v) is 2.19. The Morgan fingerprint density at radius 2 is 1.90 bits per heavy atom. The van der Waals surface area contributed by atoms with Crippen molar-refractivity contribution >= 4 is 12.5 Å². The first-order chi connectivity index (χ1) is 14.2.